The molecule has 2 aromatic rings. The zero-order valence-corrected chi connectivity index (χ0v) is 11.4. The van der Waals surface area contributed by atoms with E-state index in [0.717, 1.165) is 18.7 Å². The van der Waals surface area contributed by atoms with Gasteiger partial charge in [0.05, 0.1) is 17.4 Å². The lowest BCUT2D eigenvalue weighted by molar-refractivity contribution is 0.561. The van der Waals surface area contributed by atoms with Crippen molar-refractivity contribution in [3.63, 3.8) is 0 Å². The van der Waals surface area contributed by atoms with Crippen LogP contribution in [0.25, 0.3) is 0 Å². The Labute approximate surface area is 106 Å². The summed E-state index contributed by atoms with van der Waals surface area (Å²) in [5, 5.41) is 12.3. The summed E-state index contributed by atoms with van der Waals surface area (Å²) in [6.07, 6.45) is 0.986. The number of hydrogen-bond acceptors (Lipinski definition) is 3. The second-order valence-corrected chi connectivity index (χ2v) is 4.79. The van der Waals surface area contributed by atoms with Gasteiger partial charge >= 0.3 is 0 Å². The number of aryl methyl sites for hydroxylation is 2. The second kappa shape index (κ2) is 5.47. The molecule has 3 nitrogen and oxygen atoms in total. The molecule has 0 amide bonds. The Kier molecular flexibility index (Phi) is 3.97. The molecule has 2 rings (SSSR count). The fraction of sp³-hybridized carbons (Fsp3) is 0.462. The van der Waals surface area contributed by atoms with Crippen LogP contribution in [0.3, 0.4) is 0 Å². The summed E-state index contributed by atoms with van der Waals surface area (Å²) in [6, 6.07) is 4.63. The van der Waals surface area contributed by atoms with Crippen molar-refractivity contribution in [3.8, 4) is 0 Å². The zero-order valence-electron chi connectivity index (χ0n) is 10.6. The standard InChI is InChI=1S/C13H19N3S/c1-4-11-8-12(16(5-2)15-11)13(14-3)10-6-7-17-9-10/h6-9,13-14H,4-5H2,1-3H3. The summed E-state index contributed by atoms with van der Waals surface area (Å²) < 4.78 is 2.09. The Bertz CT molecular complexity index is 459. The van der Waals surface area contributed by atoms with Crippen LogP contribution >= 0.6 is 11.3 Å². The smallest absolute Gasteiger partial charge is 0.0754 e. The summed E-state index contributed by atoms with van der Waals surface area (Å²) in [7, 11) is 2.00. The van der Waals surface area contributed by atoms with Crippen molar-refractivity contribution in [2.45, 2.75) is 32.9 Å². The molecule has 0 saturated carbocycles. The average molecular weight is 249 g/mol. The monoisotopic (exact) mass is 249 g/mol. The maximum absolute atomic E-state index is 4.61. The highest BCUT2D eigenvalue weighted by Crippen LogP contribution is 2.24. The first-order valence-corrected chi connectivity index (χ1v) is 7.00. The molecular formula is C13H19N3S. The van der Waals surface area contributed by atoms with E-state index in [9.17, 15) is 0 Å². The molecule has 0 aliphatic carbocycles. The Balaban J connectivity index is 2.39. The average Bonchev–Trinajstić information content (AvgIpc) is 2.99. The van der Waals surface area contributed by atoms with Gasteiger partial charge in [-0.15, -0.1) is 0 Å². The summed E-state index contributed by atoms with van der Waals surface area (Å²) in [5.74, 6) is 0. The van der Waals surface area contributed by atoms with Crippen molar-refractivity contribution in [2.24, 2.45) is 0 Å². The minimum Gasteiger partial charge on any atom is -0.308 e. The van der Waals surface area contributed by atoms with Gasteiger partial charge in [0.15, 0.2) is 0 Å². The molecule has 1 N–H and O–H groups in total. The van der Waals surface area contributed by atoms with E-state index in [-0.39, 0.29) is 6.04 Å². The predicted molar refractivity (Wildman–Crippen MR) is 72.5 cm³/mol. The molecule has 0 bridgehead atoms. The first-order chi connectivity index (χ1) is 8.30. The third-order valence-corrected chi connectivity index (χ3v) is 3.69. The second-order valence-electron chi connectivity index (χ2n) is 4.01. The Morgan fingerprint density at radius 2 is 2.29 bits per heavy atom. The van der Waals surface area contributed by atoms with Gasteiger partial charge in [0.1, 0.15) is 0 Å². The van der Waals surface area contributed by atoms with Gasteiger partial charge in [-0.3, -0.25) is 4.68 Å². The van der Waals surface area contributed by atoms with E-state index >= 15 is 0 Å². The van der Waals surface area contributed by atoms with Crippen LogP contribution in [0.5, 0.6) is 0 Å². The molecule has 1 atom stereocenters. The highest BCUT2D eigenvalue weighted by atomic mass is 32.1. The zero-order chi connectivity index (χ0) is 12.3. The van der Waals surface area contributed by atoms with Crippen LogP contribution in [-0.4, -0.2) is 16.8 Å². The van der Waals surface area contributed by atoms with Gasteiger partial charge in [-0.2, -0.15) is 16.4 Å². The molecule has 0 aromatic carbocycles. The lowest BCUT2D eigenvalue weighted by Crippen LogP contribution is -2.20. The van der Waals surface area contributed by atoms with E-state index < -0.39 is 0 Å². The molecule has 1 unspecified atom stereocenters. The molecule has 92 valence electrons. The molecule has 0 radical (unpaired) electrons. The number of aromatic nitrogens is 2. The molecule has 0 aliphatic rings. The molecule has 0 fully saturated rings. The third kappa shape index (κ3) is 2.42. The summed E-state index contributed by atoms with van der Waals surface area (Å²) >= 11 is 1.73. The minimum absolute atomic E-state index is 0.244. The maximum Gasteiger partial charge on any atom is 0.0754 e. The van der Waals surface area contributed by atoms with Crippen LogP contribution in [0, 0.1) is 0 Å². The summed E-state index contributed by atoms with van der Waals surface area (Å²) in [5.41, 5.74) is 3.73. The Morgan fingerprint density at radius 1 is 1.47 bits per heavy atom. The van der Waals surface area contributed by atoms with E-state index in [1.807, 2.05) is 7.05 Å². The van der Waals surface area contributed by atoms with Crippen LogP contribution in [0.4, 0.5) is 0 Å². The van der Waals surface area contributed by atoms with Gasteiger partial charge in [-0.1, -0.05) is 6.92 Å². The molecule has 2 aromatic heterocycles. The number of hydrogen-bond donors (Lipinski definition) is 1. The van der Waals surface area contributed by atoms with Crippen molar-refractivity contribution in [1.29, 1.82) is 0 Å². The van der Waals surface area contributed by atoms with Crippen molar-refractivity contribution in [2.75, 3.05) is 7.05 Å². The highest BCUT2D eigenvalue weighted by Gasteiger charge is 2.17. The van der Waals surface area contributed by atoms with Crippen molar-refractivity contribution < 1.29 is 0 Å². The minimum atomic E-state index is 0.244. The predicted octanol–water partition coefficient (Wildman–Crippen LogP) is 2.84. The number of nitrogens with one attached hydrogen (secondary N) is 1. The van der Waals surface area contributed by atoms with E-state index in [1.165, 1.54) is 11.3 Å². The van der Waals surface area contributed by atoms with Gasteiger partial charge in [0.2, 0.25) is 0 Å². The van der Waals surface area contributed by atoms with E-state index in [0.29, 0.717) is 0 Å². The lowest BCUT2D eigenvalue weighted by Gasteiger charge is -2.16. The van der Waals surface area contributed by atoms with Crippen LogP contribution in [0.15, 0.2) is 22.9 Å². The number of nitrogens with zero attached hydrogens (tertiary/aromatic N) is 2. The molecule has 2 heterocycles. The van der Waals surface area contributed by atoms with Gasteiger partial charge in [0, 0.05) is 6.54 Å². The molecule has 0 spiro atoms. The molecule has 17 heavy (non-hydrogen) atoms. The molecular weight excluding hydrogens is 230 g/mol. The molecule has 4 heteroatoms. The van der Waals surface area contributed by atoms with Crippen LogP contribution in [0.1, 0.15) is 36.8 Å². The fourth-order valence-electron chi connectivity index (χ4n) is 2.07. The van der Waals surface area contributed by atoms with Crippen LogP contribution in [0.2, 0.25) is 0 Å². The van der Waals surface area contributed by atoms with E-state index in [4.69, 9.17) is 0 Å². The largest absolute Gasteiger partial charge is 0.308 e. The number of thiophene rings is 1. The summed E-state index contributed by atoms with van der Waals surface area (Å²) in [4.78, 5) is 0. The van der Waals surface area contributed by atoms with E-state index in [1.54, 1.807) is 11.3 Å². The van der Waals surface area contributed by atoms with Crippen LogP contribution in [-0.2, 0) is 13.0 Å². The Hall–Kier alpha value is -1.13. The summed E-state index contributed by atoms with van der Waals surface area (Å²) in [6.45, 7) is 5.19. The van der Waals surface area contributed by atoms with Crippen molar-refractivity contribution in [1.82, 2.24) is 15.1 Å². The number of rotatable bonds is 5. The fourth-order valence-corrected chi connectivity index (χ4v) is 2.76. The maximum atomic E-state index is 4.61. The van der Waals surface area contributed by atoms with Crippen molar-refractivity contribution in [3.05, 3.63) is 39.8 Å². The topological polar surface area (TPSA) is 29.9 Å². The molecule has 0 aliphatic heterocycles. The lowest BCUT2D eigenvalue weighted by atomic mass is 10.1. The third-order valence-electron chi connectivity index (χ3n) is 2.98. The normalized spacial score (nSPS) is 12.9. The van der Waals surface area contributed by atoms with E-state index in [2.05, 4.69) is 51.8 Å². The first kappa shape index (κ1) is 12.3. The first-order valence-electron chi connectivity index (χ1n) is 6.06. The van der Waals surface area contributed by atoms with Gasteiger partial charge in [-0.05, 0) is 48.8 Å². The van der Waals surface area contributed by atoms with Gasteiger partial charge < -0.3 is 5.32 Å². The molecule has 0 saturated heterocycles. The van der Waals surface area contributed by atoms with Gasteiger partial charge in [0.25, 0.3) is 0 Å². The van der Waals surface area contributed by atoms with Crippen molar-refractivity contribution >= 4 is 11.3 Å². The van der Waals surface area contributed by atoms with Gasteiger partial charge in [-0.25, -0.2) is 0 Å². The highest BCUT2D eigenvalue weighted by molar-refractivity contribution is 7.08. The van der Waals surface area contributed by atoms with Crippen LogP contribution < -0.4 is 5.32 Å². The SMILES string of the molecule is CCc1cc(C(NC)c2ccsc2)n(CC)n1. The Morgan fingerprint density at radius 3 is 2.82 bits per heavy atom. The quantitative estimate of drug-likeness (QED) is 0.883.